The summed E-state index contributed by atoms with van der Waals surface area (Å²) in [5.41, 5.74) is 1.42. The number of carboxylic acid groups (broad SMARTS) is 1. The van der Waals surface area contributed by atoms with Gasteiger partial charge in [-0.2, -0.15) is 13.2 Å². The van der Waals surface area contributed by atoms with E-state index in [-0.39, 0.29) is 11.4 Å². The van der Waals surface area contributed by atoms with Crippen LogP contribution < -0.4 is 5.32 Å². The molecule has 1 aromatic carbocycles. The Labute approximate surface area is 122 Å². The predicted molar refractivity (Wildman–Crippen MR) is 74.2 cm³/mol. The molecule has 8 heteroatoms. The Morgan fingerprint density at radius 1 is 1.27 bits per heavy atom. The first kappa shape index (κ1) is 14.2. The molecular formula is C14H10F3N3O2. The summed E-state index contributed by atoms with van der Waals surface area (Å²) in [6.07, 6.45) is -2.69. The van der Waals surface area contributed by atoms with Crippen LogP contribution in [0.1, 0.15) is 10.4 Å². The fraction of sp³-hybridized carbons (Fsp3) is 0.143. The van der Waals surface area contributed by atoms with E-state index in [0.29, 0.717) is 16.6 Å². The third-order valence-corrected chi connectivity index (χ3v) is 3.16. The highest BCUT2D eigenvalue weighted by Gasteiger charge is 2.27. The van der Waals surface area contributed by atoms with Crippen LogP contribution in [0.2, 0.25) is 0 Å². The van der Waals surface area contributed by atoms with E-state index in [1.54, 1.807) is 28.8 Å². The first-order valence-corrected chi connectivity index (χ1v) is 6.30. The van der Waals surface area contributed by atoms with Gasteiger partial charge in [0.05, 0.1) is 22.1 Å². The van der Waals surface area contributed by atoms with Gasteiger partial charge in [0.15, 0.2) is 5.82 Å². The molecule has 0 spiro atoms. The highest BCUT2D eigenvalue weighted by Crippen LogP contribution is 2.24. The van der Waals surface area contributed by atoms with E-state index in [0.717, 1.165) is 0 Å². The number of fused-ring (bicyclic) bond motifs is 3. The number of aromatic carboxylic acids is 1. The average molecular weight is 309 g/mol. The van der Waals surface area contributed by atoms with Crippen molar-refractivity contribution < 1.29 is 23.1 Å². The van der Waals surface area contributed by atoms with Crippen molar-refractivity contribution >= 4 is 28.3 Å². The smallest absolute Gasteiger partial charge is 0.405 e. The molecule has 0 amide bonds. The van der Waals surface area contributed by atoms with Crippen molar-refractivity contribution in [1.29, 1.82) is 0 Å². The molecule has 0 aliphatic carbocycles. The molecule has 3 rings (SSSR count). The van der Waals surface area contributed by atoms with E-state index in [9.17, 15) is 18.0 Å². The zero-order chi connectivity index (χ0) is 15.9. The van der Waals surface area contributed by atoms with Gasteiger partial charge in [0.2, 0.25) is 0 Å². The summed E-state index contributed by atoms with van der Waals surface area (Å²) in [6.45, 7) is -1.22. The van der Waals surface area contributed by atoms with Crippen LogP contribution in [0.25, 0.3) is 16.6 Å². The largest absolute Gasteiger partial charge is 0.478 e. The third-order valence-electron chi connectivity index (χ3n) is 3.16. The zero-order valence-corrected chi connectivity index (χ0v) is 11.1. The normalized spacial score (nSPS) is 12.0. The number of benzene rings is 1. The second kappa shape index (κ2) is 4.90. The van der Waals surface area contributed by atoms with Crippen LogP contribution in [-0.4, -0.2) is 33.2 Å². The van der Waals surface area contributed by atoms with Gasteiger partial charge < -0.3 is 14.8 Å². The topological polar surface area (TPSA) is 66.6 Å². The lowest BCUT2D eigenvalue weighted by Gasteiger charge is -2.12. The number of hydrogen-bond donors (Lipinski definition) is 2. The predicted octanol–water partition coefficient (Wildman–Crippen LogP) is 3.16. The van der Waals surface area contributed by atoms with E-state index in [2.05, 4.69) is 10.3 Å². The number of nitrogens with zero attached hydrogens (tertiary/aromatic N) is 2. The van der Waals surface area contributed by atoms with Gasteiger partial charge in [-0.25, -0.2) is 9.78 Å². The number of alkyl halides is 3. The van der Waals surface area contributed by atoms with E-state index >= 15 is 0 Å². The molecule has 2 N–H and O–H groups in total. The van der Waals surface area contributed by atoms with Crippen molar-refractivity contribution in [3.8, 4) is 0 Å². The molecule has 114 valence electrons. The fourth-order valence-electron chi connectivity index (χ4n) is 2.23. The van der Waals surface area contributed by atoms with Gasteiger partial charge in [0.1, 0.15) is 6.54 Å². The van der Waals surface area contributed by atoms with Gasteiger partial charge in [-0.05, 0) is 30.3 Å². The van der Waals surface area contributed by atoms with E-state index in [4.69, 9.17) is 5.11 Å². The van der Waals surface area contributed by atoms with Gasteiger partial charge in [-0.1, -0.05) is 0 Å². The van der Waals surface area contributed by atoms with Crippen molar-refractivity contribution in [3.05, 3.63) is 42.1 Å². The number of halogens is 3. The van der Waals surface area contributed by atoms with Gasteiger partial charge in [-0.15, -0.1) is 0 Å². The number of carbonyl (C=O) groups is 1. The van der Waals surface area contributed by atoms with E-state index < -0.39 is 18.7 Å². The maximum absolute atomic E-state index is 12.4. The monoisotopic (exact) mass is 309 g/mol. The third kappa shape index (κ3) is 2.54. The number of hydrogen-bond acceptors (Lipinski definition) is 3. The Bertz CT molecular complexity index is 871. The fourth-order valence-corrected chi connectivity index (χ4v) is 2.23. The molecule has 0 fully saturated rings. The van der Waals surface area contributed by atoms with E-state index in [1.165, 1.54) is 12.1 Å². The van der Waals surface area contributed by atoms with Gasteiger partial charge in [0, 0.05) is 6.20 Å². The summed E-state index contributed by atoms with van der Waals surface area (Å²) < 4.78 is 38.8. The summed E-state index contributed by atoms with van der Waals surface area (Å²) in [5, 5.41) is 11.2. The number of rotatable bonds is 3. The molecular weight excluding hydrogens is 299 g/mol. The second-order valence-electron chi connectivity index (χ2n) is 4.70. The maximum Gasteiger partial charge on any atom is 0.405 e. The Balaban J connectivity index is 2.17. The van der Waals surface area contributed by atoms with Crippen LogP contribution in [-0.2, 0) is 0 Å². The van der Waals surface area contributed by atoms with Crippen LogP contribution in [0.3, 0.4) is 0 Å². The second-order valence-corrected chi connectivity index (χ2v) is 4.70. The van der Waals surface area contributed by atoms with Crippen molar-refractivity contribution in [1.82, 2.24) is 9.38 Å². The maximum atomic E-state index is 12.4. The van der Waals surface area contributed by atoms with Crippen LogP contribution >= 0.6 is 0 Å². The van der Waals surface area contributed by atoms with Gasteiger partial charge in [0.25, 0.3) is 0 Å². The highest BCUT2D eigenvalue weighted by molar-refractivity contribution is 5.94. The number of nitrogens with one attached hydrogen (secondary N) is 1. The molecule has 0 saturated heterocycles. The summed E-state index contributed by atoms with van der Waals surface area (Å²) in [7, 11) is 0. The molecule has 0 radical (unpaired) electrons. The van der Waals surface area contributed by atoms with Crippen LogP contribution in [0, 0.1) is 0 Å². The van der Waals surface area contributed by atoms with E-state index in [1.807, 2.05) is 0 Å². The molecule has 0 aliphatic heterocycles. The lowest BCUT2D eigenvalue weighted by atomic mass is 10.2. The minimum Gasteiger partial charge on any atom is -0.478 e. The Kier molecular flexibility index (Phi) is 3.16. The minimum atomic E-state index is -4.37. The molecule has 0 bridgehead atoms. The molecule has 3 aromatic rings. The molecule has 0 unspecified atom stereocenters. The quantitative estimate of drug-likeness (QED) is 0.780. The molecule has 22 heavy (non-hydrogen) atoms. The number of carboxylic acids is 1. The molecule has 0 aliphatic rings. The summed E-state index contributed by atoms with van der Waals surface area (Å²) in [6, 6.07) is 7.65. The molecule has 2 heterocycles. The first-order valence-electron chi connectivity index (χ1n) is 6.30. The molecule has 2 aromatic heterocycles. The zero-order valence-electron chi connectivity index (χ0n) is 11.1. The summed E-state index contributed by atoms with van der Waals surface area (Å²) in [4.78, 5) is 15.1. The first-order chi connectivity index (χ1) is 10.3. The number of aromatic nitrogens is 2. The van der Waals surface area contributed by atoms with Crippen molar-refractivity contribution in [3.63, 3.8) is 0 Å². The standard InChI is InChI=1S/C14H10F3N3O2/c15-14(16,17)7-18-12-11-2-1-5-20(11)10-4-3-8(13(21)22)6-9(10)19-12/h1-6H,7H2,(H,18,19)(H,21,22). The minimum absolute atomic E-state index is 0.0216. The van der Waals surface area contributed by atoms with Crippen LogP contribution in [0.15, 0.2) is 36.5 Å². The van der Waals surface area contributed by atoms with Crippen molar-refractivity contribution in [2.24, 2.45) is 0 Å². The summed E-state index contributed by atoms with van der Waals surface area (Å²) in [5.74, 6) is -1.07. The molecule has 5 nitrogen and oxygen atoms in total. The molecule has 0 saturated carbocycles. The summed E-state index contributed by atoms with van der Waals surface area (Å²) >= 11 is 0. The highest BCUT2D eigenvalue weighted by atomic mass is 19.4. The Morgan fingerprint density at radius 2 is 2.05 bits per heavy atom. The van der Waals surface area contributed by atoms with Crippen LogP contribution in [0.5, 0.6) is 0 Å². The Morgan fingerprint density at radius 3 is 2.73 bits per heavy atom. The lowest BCUT2D eigenvalue weighted by molar-refractivity contribution is -0.115. The van der Waals surface area contributed by atoms with Crippen molar-refractivity contribution in [2.75, 3.05) is 11.9 Å². The van der Waals surface area contributed by atoms with Crippen LogP contribution in [0.4, 0.5) is 19.0 Å². The Hall–Kier alpha value is -2.77. The average Bonchev–Trinajstić information content (AvgIpc) is 2.92. The number of anilines is 1. The van der Waals surface area contributed by atoms with Gasteiger partial charge in [-0.3, -0.25) is 0 Å². The molecule has 0 atom stereocenters. The van der Waals surface area contributed by atoms with Gasteiger partial charge >= 0.3 is 12.1 Å². The van der Waals surface area contributed by atoms with Crippen molar-refractivity contribution in [2.45, 2.75) is 6.18 Å². The lowest BCUT2D eigenvalue weighted by Crippen LogP contribution is -2.22. The SMILES string of the molecule is O=C(O)c1ccc2c(c1)nc(NCC(F)(F)F)c1cccn12.